The molecule has 0 spiro atoms. The van der Waals surface area contributed by atoms with Crippen molar-refractivity contribution in [3.05, 3.63) is 42.0 Å². The van der Waals surface area contributed by atoms with Gasteiger partial charge < -0.3 is 9.45 Å². The average Bonchev–Trinajstić information content (AvgIpc) is 2.35. The molecule has 0 aliphatic carbocycles. The highest BCUT2D eigenvalue weighted by molar-refractivity contribution is 7.77. The highest BCUT2D eigenvalue weighted by Gasteiger charge is 2.05. The number of nitrogens with one attached hydrogen (secondary N) is 1. The van der Waals surface area contributed by atoms with E-state index >= 15 is 0 Å². The van der Waals surface area contributed by atoms with Gasteiger partial charge in [-0.15, -0.1) is 0 Å². The van der Waals surface area contributed by atoms with Crippen LogP contribution in [-0.2, 0) is 17.8 Å². The van der Waals surface area contributed by atoms with Crippen LogP contribution in [0.1, 0.15) is 5.56 Å². The van der Waals surface area contributed by atoms with E-state index in [0.717, 1.165) is 22.0 Å². The average molecular weight is 263 g/mol. The molecular weight excluding hydrogens is 248 g/mol. The van der Waals surface area contributed by atoms with E-state index in [0.29, 0.717) is 6.54 Å². The van der Waals surface area contributed by atoms with Gasteiger partial charge in [0.1, 0.15) is 0 Å². The van der Waals surface area contributed by atoms with Crippen molar-refractivity contribution >= 4 is 27.7 Å². The fraction of sp³-hybridized carbons (Fsp3) is 0.231. The Morgan fingerprint density at radius 1 is 1.17 bits per heavy atom. The molecule has 1 unspecified atom stereocenters. The minimum Gasteiger partial charge on any atom is -0.760 e. The molecule has 1 N–H and O–H groups in total. The van der Waals surface area contributed by atoms with Gasteiger partial charge in [-0.1, -0.05) is 30.3 Å². The summed E-state index contributed by atoms with van der Waals surface area (Å²) < 4.78 is 23.5. The van der Waals surface area contributed by atoms with Crippen molar-refractivity contribution in [2.24, 2.45) is 0 Å². The summed E-state index contributed by atoms with van der Waals surface area (Å²) in [6.45, 7) is 0.310. The van der Waals surface area contributed by atoms with Gasteiger partial charge in [0.25, 0.3) is 0 Å². The normalized spacial score (nSPS) is 12.6. The third kappa shape index (κ3) is 2.69. The molecular formula is C13H15N2O2S-. The van der Waals surface area contributed by atoms with Crippen molar-refractivity contribution < 1.29 is 8.76 Å². The predicted molar refractivity (Wildman–Crippen MR) is 74.0 cm³/mol. The fourth-order valence-electron chi connectivity index (χ4n) is 2.04. The van der Waals surface area contributed by atoms with Crippen molar-refractivity contribution in [3.63, 3.8) is 0 Å². The van der Waals surface area contributed by atoms with Crippen LogP contribution in [0.2, 0.25) is 0 Å². The summed E-state index contributed by atoms with van der Waals surface area (Å²) in [5.74, 6) is 0. The quantitative estimate of drug-likeness (QED) is 0.856. The van der Waals surface area contributed by atoms with Crippen molar-refractivity contribution in [1.82, 2.24) is 4.72 Å². The summed E-state index contributed by atoms with van der Waals surface area (Å²) >= 11 is -2.23. The molecule has 0 aromatic heterocycles. The summed E-state index contributed by atoms with van der Waals surface area (Å²) in [6, 6.07) is 12.0. The van der Waals surface area contributed by atoms with Crippen LogP contribution in [-0.4, -0.2) is 22.9 Å². The molecule has 5 heteroatoms. The number of anilines is 1. The molecule has 2 aromatic rings. The molecule has 2 aromatic carbocycles. The second kappa shape index (κ2) is 5.48. The number of nitrogens with zero attached hydrogens (tertiary/aromatic N) is 1. The van der Waals surface area contributed by atoms with Crippen LogP contribution in [0.25, 0.3) is 10.8 Å². The van der Waals surface area contributed by atoms with Gasteiger partial charge in [-0.05, 0) is 17.0 Å². The molecule has 96 valence electrons. The lowest BCUT2D eigenvalue weighted by Crippen LogP contribution is -2.16. The largest absolute Gasteiger partial charge is 0.760 e. The van der Waals surface area contributed by atoms with Gasteiger partial charge in [0.05, 0.1) is 0 Å². The maximum absolute atomic E-state index is 10.6. The van der Waals surface area contributed by atoms with Crippen molar-refractivity contribution in [2.75, 3.05) is 19.0 Å². The van der Waals surface area contributed by atoms with Crippen LogP contribution in [0.5, 0.6) is 0 Å². The third-order valence-electron chi connectivity index (χ3n) is 2.85. The topological polar surface area (TPSA) is 55.4 Å². The van der Waals surface area contributed by atoms with Gasteiger partial charge in [-0.3, -0.25) is 4.21 Å². The SMILES string of the molecule is CN(C)c1cccc2c(CNS(=O)[O-])cccc12. The van der Waals surface area contributed by atoms with Crippen LogP contribution in [0.3, 0.4) is 0 Å². The summed E-state index contributed by atoms with van der Waals surface area (Å²) in [4.78, 5) is 2.05. The second-order valence-corrected chi connectivity index (χ2v) is 5.00. The Kier molecular flexibility index (Phi) is 3.96. The molecule has 18 heavy (non-hydrogen) atoms. The highest BCUT2D eigenvalue weighted by Crippen LogP contribution is 2.27. The van der Waals surface area contributed by atoms with E-state index in [4.69, 9.17) is 0 Å². The minimum absolute atomic E-state index is 0.310. The van der Waals surface area contributed by atoms with Gasteiger partial charge >= 0.3 is 0 Å². The Morgan fingerprint density at radius 3 is 2.50 bits per heavy atom. The number of rotatable bonds is 4. The lowest BCUT2D eigenvalue weighted by molar-refractivity contribution is 0.523. The Hall–Kier alpha value is -1.43. The van der Waals surface area contributed by atoms with Crippen LogP contribution in [0.4, 0.5) is 5.69 Å². The maximum atomic E-state index is 10.6. The van der Waals surface area contributed by atoms with E-state index in [2.05, 4.69) is 4.72 Å². The molecule has 1 atom stereocenters. The molecule has 0 aliphatic rings. The van der Waals surface area contributed by atoms with Gasteiger partial charge in [0.15, 0.2) is 0 Å². The van der Waals surface area contributed by atoms with Crippen molar-refractivity contribution in [2.45, 2.75) is 6.54 Å². The minimum atomic E-state index is -2.23. The lowest BCUT2D eigenvalue weighted by Gasteiger charge is -2.17. The first-order valence-corrected chi connectivity index (χ1v) is 6.68. The second-order valence-electron chi connectivity index (χ2n) is 4.24. The Bertz CT molecular complexity index is 584. The third-order valence-corrected chi connectivity index (χ3v) is 3.23. The highest BCUT2D eigenvalue weighted by atomic mass is 32.2. The fourth-order valence-corrected chi connectivity index (χ4v) is 2.31. The maximum Gasteiger partial charge on any atom is 0.0440 e. The summed E-state index contributed by atoms with van der Waals surface area (Å²) in [5.41, 5.74) is 2.10. The summed E-state index contributed by atoms with van der Waals surface area (Å²) in [6.07, 6.45) is 0. The van der Waals surface area contributed by atoms with Crippen LogP contribution < -0.4 is 9.62 Å². The molecule has 0 fully saturated rings. The van der Waals surface area contributed by atoms with Crippen LogP contribution in [0.15, 0.2) is 36.4 Å². The predicted octanol–water partition coefficient (Wildman–Crippen LogP) is 1.79. The Morgan fingerprint density at radius 2 is 1.83 bits per heavy atom. The number of fused-ring (bicyclic) bond motifs is 1. The molecule has 4 nitrogen and oxygen atoms in total. The van der Waals surface area contributed by atoms with E-state index in [1.807, 2.05) is 55.4 Å². The number of hydrogen-bond donors (Lipinski definition) is 1. The lowest BCUT2D eigenvalue weighted by atomic mass is 10.0. The van der Waals surface area contributed by atoms with Crippen molar-refractivity contribution in [3.8, 4) is 0 Å². The first-order valence-electron chi connectivity index (χ1n) is 5.60. The number of hydrogen-bond acceptors (Lipinski definition) is 3. The zero-order valence-electron chi connectivity index (χ0n) is 10.3. The Labute approximate surface area is 109 Å². The van der Waals surface area contributed by atoms with Gasteiger partial charge in [-0.25, -0.2) is 4.72 Å². The van der Waals surface area contributed by atoms with Crippen LogP contribution >= 0.6 is 0 Å². The molecule has 0 aliphatic heterocycles. The first-order chi connectivity index (χ1) is 8.59. The van der Waals surface area contributed by atoms with E-state index in [1.165, 1.54) is 0 Å². The van der Waals surface area contributed by atoms with Gasteiger partial charge in [-0.2, -0.15) is 0 Å². The molecule has 0 saturated heterocycles. The molecule has 0 heterocycles. The molecule has 0 amide bonds. The van der Waals surface area contributed by atoms with Crippen LogP contribution in [0, 0.1) is 0 Å². The first kappa shape index (κ1) is 13.0. The van der Waals surface area contributed by atoms with E-state index in [-0.39, 0.29) is 0 Å². The van der Waals surface area contributed by atoms with Gasteiger partial charge in [0.2, 0.25) is 0 Å². The summed E-state index contributed by atoms with van der Waals surface area (Å²) in [5, 5.41) is 2.19. The molecule has 0 saturated carbocycles. The smallest absolute Gasteiger partial charge is 0.0440 e. The zero-order chi connectivity index (χ0) is 13.1. The van der Waals surface area contributed by atoms with E-state index < -0.39 is 11.3 Å². The molecule has 2 rings (SSSR count). The standard InChI is InChI=1S/C13H16N2O2S/c1-15(2)13-8-4-6-11-10(9-14-18(16)17)5-3-7-12(11)13/h3-8,14H,9H2,1-2H3,(H,16,17)/p-1. The van der Waals surface area contributed by atoms with Gasteiger partial charge in [0, 0.05) is 43.0 Å². The van der Waals surface area contributed by atoms with E-state index in [9.17, 15) is 8.76 Å². The summed E-state index contributed by atoms with van der Waals surface area (Å²) in [7, 11) is 3.98. The molecule has 0 radical (unpaired) electrons. The number of benzene rings is 2. The van der Waals surface area contributed by atoms with E-state index in [1.54, 1.807) is 0 Å². The Balaban J connectivity index is 2.49. The zero-order valence-corrected chi connectivity index (χ0v) is 11.2. The van der Waals surface area contributed by atoms with Crippen molar-refractivity contribution in [1.29, 1.82) is 0 Å². The monoisotopic (exact) mass is 263 g/mol. The molecule has 0 bridgehead atoms.